The van der Waals surface area contributed by atoms with Crippen molar-refractivity contribution < 1.29 is 22.7 Å². The minimum absolute atomic E-state index is 0.0325. The first-order valence-corrected chi connectivity index (χ1v) is 4.90. The Balaban J connectivity index is 2.51. The van der Waals surface area contributed by atoms with E-state index < -0.39 is 17.6 Å². The van der Waals surface area contributed by atoms with Gasteiger partial charge in [0.05, 0.1) is 5.56 Å². The van der Waals surface area contributed by atoms with Crippen molar-refractivity contribution in [2.24, 2.45) is 0 Å². The van der Waals surface area contributed by atoms with E-state index >= 15 is 0 Å². The molecule has 0 unspecified atom stereocenters. The lowest BCUT2D eigenvalue weighted by Gasteiger charge is -2.09. The number of aromatic nitrogens is 1. The van der Waals surface area contributed by atoms with Crippen LogP contribution in [0.4, 0.5) is 17.6 Å². The molecule has 0 aliphatic heterocycles. The standard InChI is InChI=1S/C12H7F4NO/c13-9-6-7(3-4-8(9)12(14,15)16)11-10(18)2-1-5-17-11/h1-6,18H. The lowest BCUT2D eigenvalue weighted by Crippen LogP contribution is -2.07. The molecule has 1 N–H and O–H groups in total. The molecule has 1 heterocycles. The minimum Gasteiger partial charge on any atom is -0.506 e. The van der Waals surface area contributed by atoms with Crippen LogP contribution in [-0.4, -0.2) is 10.1 Å². The molecule has 0 atom stereocenters. The molecule has 0 spiro atoms. The highest BCUT2D eigenvalue weighted by Gasteiger charge is 2.34. The average molecular weight is 257 g/mol. The Hall–Kier alpha value is -2.11. The predicted molar refractivity (Wildman–Crippen MR) is 56.3 cm³/mol. The Kier molecular flexibility index (Phi) is 2.94. The van der Waals surface area contributed by atoms with Crippen LogP contribution in [0.25, 0.3) is 11.3 Å². The van der Waals surface area contributed by atoms with Gasteiger partial charge in [0, 0.05) is 11.8 Å². The number of hydrogen-bond acceptors (Lipinski definition) is 2. The smallest absolute Gasteiger partial charge is 0.419 e. The summed E-state index contributed by atoms with van der Waals surface area (Å²) in [5.74, 6) is -1.62. The maximum absolute atomic E-state index is 13.3. The van der Waals surface area contributed by atoms with E-state index in [2.05, 4.69) is 4.98 Å². The first-order valence-electron chi connectivity index (χ1n) is 4.90. The van der Waals surface area contributed by atoms with Crippen molar-refractivity contribution >= 4 is 0 Å². The Morgan fingerprint density at radius 3 is 2.39 bits per heavy atom. The number of nitrogens with zero attached hydrogens (tertiary/aromatic N) is 1. The topological polar surface area (TPSA) is 33.1 Å². The van der Waals surface area contributed by atoms with E-state index in [0.29, 0.717) is 12.1 Å². The zero-order chi connectivity index (χ0) is 13.3. The van der Waals surface area contributed by atoms with Crippen molar-refractivity contribution in [2.45, 2.75) is 6.18 Å². The molecule has 2 aromatic rings. The molecule has 0 bridgehead atoms. The van der Waals surface area contributed by atoms with Gasteiger partial charge in [-0.2, -0.15) is 13.2 Å². The Bertz CT molecular complexity index is 581. The molecule has 18 heavy (non-hydrogen) atoms. The summed E-state index contributed by atoms with van der Waals surface area (Å²) in [6.45, 7) is 0. The highest BCUT2D eigenvalue weighted by atomic mass is 19.4. The summed E-state index contributed by atoms with van der Waals surface area (Å²) in [4.78, 5) is 3.78. The van der Waals surface area contributed by atoms with Gasteiger partial charge in [0.25, 0.3) is 0 Å². The highest BCUT2D eigenvalue weighted by molar-refractivity contribution is 5.65. The number of aromatic hydroxyl groups is 1. The summed E-state index contributed by atoms with van der Waals surface area (Å²) in [7, 11) is 0. The van der Waals surface area contributed by atoms with E-state index in [9.17, 15) is 22.7 Å². The van der Waals surface area contributed by atoms with Gasteiger partial charge in [-0.15, -0.1) is 0 Å². The number of halogens is 4. The summed E-state index contributed by atoms with van der Waals surface area (Å²) in [6.07, 6.45) is -3.39. The van der Waals surface area contributed by atoms with Gasteiger partial charge in [-0.1, -0.05) is 6.07 Å². The van der Waals surface area contributed by atoms with Gasteiger partial charge in [0.1, 0.15) is 17.3 Å². The summed E-state index contributed by atoms with van der Waals surface area (Å²) in [5, 5.41) is 9.48. The number of pyridine rings is 1. The second-order valence-corrected chi connectivity index (χ2v) is 3.56. The van der Waals surface area contributed by atoms with Gasteiger partial charge in [-0.05, 0) is 24.3 Å². The molecular formula is C12H7F4NO. The van der Waals surface area contributed by atoms with E-state index in [-0.39, 0.29) is 17.0 Å². The number of hydrogen-bond donors (Lipinski definition) is 1. The van der Waals surface area contributed by atoms with Crippen LogP contribution in [0.5, 0.6) is 5.75 Å². The van der Waals surface area contributed by atoms with Gasteiger partial charge < -0.3 is 5.11 Å². The van der Waals surface area contributed by atoms with Crippen LogP contribution in [0.1, 0.15) is 5.56 Å². The first kappa shape index (κ1) is 12.3. The second kappa shape index (κ2) is 4.29. The quantitative estimate of drug-likeness (QED) is 0.791. The number of rotatable bonds is 1. The van der Waals surface area contributed by atoms with E-state index in [0.717, 1.165) is 6.07 Å². The number of alkyl halides is 3. The largest absolute Gasteiger partial charge is 0.506 e. The van der Waals surface area contributed by atoms with E-state index in [1.807, 2.05) is 0 Å². The summed E-state index contributed by atoms with van der Waals surface area (Å²) < 4.78 is 50.4. The fraction of sp³-hybridized carbons (Fsp3) is 0.0833. The molecule has 6 heteroatoms. The summed E-state index contributed by atoms with van der Waals surface area (Å²) >= 11 is 0. The lowest BCUT2D eigenvalue weighted by molar-refractivity contribution is -0.139. The maximum atomic E-state index is 13.3. The normalized spacial score (nSPS) is 11.6. The van der Waals surface area contributed by atoms with Crippen molar-refractivity contribution in [1.29, 1.82) is 0 Å². The van der Waals surface area contributed by atoms with Crippen LogP contribution in [0.3, 0.4) is 0 Å². The minimum atomic E-state index is -4.74. The van der Waals surface area contributed by atoms with Crippen LogP contribution < -0.4 is 0 Å². The fourth-order valence-corrected chi connectivity index (χ4v) is 1.51. The Labute approximate surface area is 99.5 Å². The van der Waals surface area contributed by atoms with Crippen molar-refractivity contribution in [3.8, 4) is 17.0 Å². The zero-order valence-corrected chi connectivity index (χ0v) is 8.87. The van der Waals surface area contributed by atoms with E-state index in [1.54, 1.807) is 0 Å². The van der Waals surface area contributed by atoms with Gasteiger partial charge in [-0.25, -0.2) is 4.39 Å². The van der Waals surface area contributed by atoms with Gasteiger partial charge >= 0.3 is 6.18 Å². The third-order valence-corrected chi connectivity index (χ3v) is 2.33. The second-order valence-electron chi connectivity index (χ2n) is 3.56. The Morgan fingerprint density at radius 1 is 1.11 bits per heavy atom. The highest BCUT2D eigenvalue weighted by Crippen LogP contribution is 2.34. The van der Waals surface area contributed by atoms with Crippen molar-refractivity contribution in [2.75, 3.05) is 0 Å². The predicted octanol–water partition coefficient (Wildman–Crippen LogP) is 3.61. The van der Waals surface area contributed by atoms with Gasteiger partial charge in [0.15, 0.2) is 0 Å². The zero-order valence-electron chi connectivity index (χ0n) is 8.87. The molecule has 2 rings (SSSR count). The molecule has 94 valence electrons. The maximum Gasteiger partial charge on any atom is 0.419 e. The lowest BCUT2D eigenvalue weighted by atomic mass is 10.1. The molecule has 0 radical (unpaired) electrons. The SMILES string of the molecule is Oc1cccnc1-c1ccc(C(F)(F)F)c(F)c1. The average Bonchev–Trinajstić information content (AvgIpc) is 2.27. The molecule has 1 aromatic carbocycles. The van der Waals surface area contributed by atoms with Crippen LogP contribution in [0, 0.1) is 5.82 Å². The summed E-state index contributed by atoms with van der Waals surface area (Å²) in [5.41, 5.74) is -1.23. The van der Waals surface area contributed by atoms with Crippen molar-refractivity contribution in [1.82, 2.24) is 4.98 Å². The molecule has 0 saturated carbocycles. The molecule has 0 saturated heterocycles. The molecular weight excluding hydrogens is 250 g/mol. The molecule has 0 amide bonds. The third-order valence-electron chi connectivity index (χ3n) is 2.33. The van der Waals surface area contributed by atoms with E-state index in [4.69, 9.17) is 0 Å². The monoisotopic (exact) mass is 257 g/mol. The molecule has 1 aromatic heterocycles. The molecule has 2 nitrogen and oxygen atoms in total. The van der Waals surface area contributed by atoms with Crippen LogP contribution >= 0.6 is 0 Å². The fourth-order valence-electron chi connectivity index (χ4n) is 1.51. The molecule has 0 fully saturated rings. The van der Waals surface area contributed by atoms with Gasteiger partial charge in [0.2, 0.25) is 0 Å². The van der Waals surface area contributed by atoms with Crippen LogP contribution in [-0.2, 0) is 6.18 Å². The van der Waals surface area contributed by atoms with Crippen LogP contribution in [0.15, 0.2) is 36.5 Å². The van der Waals surface area contributed by atoms with Crippen molar-refractivity contribution in [3.63, 3.8) is 0 Å². The summed E-state index contributed by atoms with van der Waals surface area (Å²) in [6, 6.07) is 5.16. The van der Waals surface area contributed by atoms with Crippen LogP contribution in [0.2, 0.25) is 0 Å². The Morgan fingerprint density at radius 2 is 1.83 bits per heavy atom. The molecule has 0 aliphatic rings. The first-order chi connectivity index (χ1) is 8.39. The van der Waals surface area contributed by atoms with Gasteiger partial charge in [-0.3, -0.25) is 4.98 Å². The van der Waals surface area contributed by atoms with Crippen molar-refractivity contribution in [3.05, 3.63) is 47.9 Å². The number of benzene rings is 1. The molecule has 0 aliphatic carbocycles. The third kappa shape index (κ3) is 2.27. The van der Waals surface area contributed by atoms with E-state index in [1.165, 1.54) is 18.3 Å².